The van der Waals surface area contributed by atoms with E-state index in [9.17, 15) is 4.79 Å². The molecule has 0 aliphatic carbocycles. The number of hydrogen-bond donors (Lipinski definition) is 1. The van der Waals surface area contributed by atoms with Gasteiger partial charge >= 0.3 is 0 Å². The molecule has 108 valence electrons. The minimum Gasteiger partial charge on any atom is -0.346 e. The Morgan fingerprint density at radius 1 is 1.30 bits per heavy atom. The van der Waals surface area contributed by atoms with E-state index >= 15 is 0 Å². The lowest BCUT2D eigenvalue weighted by atomic mass is 10.0. The number of quaternary nitrogens is 1. The van der Waals surface area contributed by atoms with Gasteiger partial charge in [-0.1, -0.05) is 23.2 Å². The van der Waals surface area contributed by atoms with E-state index < -0.39 is 0 Å². The molecular formula is C14H17Cl2N2OS+. The summed E-state index contributed by atoms with van der Waals surface area (Å²) in [4.78, 5) is 14.8. The number of carbonyl (C=O) groups excluding carboxylic acids is 1. The summed E-state index contributed by atoms with van der Waals surface area (Å²) in [5.41, 5.74) is 0.562. The molecule has 1 amide bonds. The monoisotopic (exact) mass is 331 g/mol. The van der Waals surface area contributed by atoms with Crippen LogP contribution in [0.15, 0.2) is 18.2 Å². The van der Waals surface area contributed by atoms with Crippen molar-refractivity contribution < 1.29 is 10.1 Å². The summed E-state index contributed by atoms with van der Waals surface area (Å²) in [6.45, 7) is 2.98. The van der Waals surface area contributed by atoms with Gasteiger partial charge in [-0.2, -0.15) is 0 Å². The fourth-order valence-electron chi connectivity index (χ4n) is 3.04. The van der Waals surface area contributed by atoms with Crippen LogP contribution in [0.3, 0.4) is 0 Å². The molecule has 20 heavy (non-hydrogen) atoms. The first-order valence-corrected chi connectivity index (χ1v) is 8.59. The molecule has 2 aliphatic rings. The Morgan fingerprint density at radius 3 is 2.75 bits per heavy atom. The van der Waals surface area contributed by atoms with E-state index in [4.69, 9.17) is 23.2 Å². The molecule has 0 unspecified atom stereocenters. The second kappa shape index (κ2) is 5.76. The standard InChI is InChI=1S/C14H16Cl2N2OS/c15-10-1-2-11(12(16)9-10)13(19)18-7-8-20-14(18)3-5-17-6-4-14/h1-2,9,17H,3-8H2/p+1. The van der Waals surface area contributed by atoms with E-state index in [1.165, 1.54) is 0 Å². The summed E-state index contributed by atoms with van der Waals surface area (Å²) in [5, 5.41) is 3.32. The summed E-state index contributed by atoms with van der Waals surface area (Å²) in [6, 6.07) is 5.10. The van der Waals surface area contributed by atoms with Crippen LogP contribution >= 0.6 is 35.0 Å². The van der Waals surface area contributed by atoms with Crippen molar-refractivity contribution in [1.29, 1.82) is 0 Å². The van der Waals surface area contributed by atoms with Gasteiger partial charge in [0.15, 0.2) is 0 Å². The van der Waals surface area contributed by atoms with Crippen LogP contribution in [0.25, 0.3) is 0 Å². The Balaban J connectivity index is 1.89. The quantitative estimate of drug-likeness (QED) is 0.856. The Labute approximate surface area is 133 Å². The zero-order valence-electron chi connectivity index (χ0n) is 11.1. The number of amides is 1. The maximum Gasteiger partial charge on any atom is 0.256 e. The predicted molar refractivity (Wildman–Crippen MR) is 83.6 cm³/mol. The number of carbonyl (C=O) groups is 1. The van der Waals surface area contributed by atoms with E-state index in [1.54, 1.807) is 18.2 Å². The van der Waals surface area contributed by atoms with Crippen molar-refractivity contribution in [3.05, 3.63) is 33.8 Å². The molecule has 1 aromatic carbocycles. The summed E-state index contributed by atoms with van der Waals surface area (Å²) in [6.07, 6.45) is 2.10. The van der Waals surface area contributed by atoms with Gasteiger partial charge in [0.05, 0.1) is 28.5 Å². The molecule has 2 saturated heterocycles. The van der Waals surface area contributed by atoms with Crippen molar-refractivity contribution in [1.82, 2.24) is 4.90 Å². The molecule has 0 aromatic heterocycles. The summed E-state index contributed by atoms with van der Waals surface area (Å²) in [7, 11) is 0. The lowest BCUT2D eigenvalue weighted by Crippen LogP contribution is -2.88. The van der Waals surface area contributed by atoms with Gasteiger partial charge < -0.3 is 10.2 Å². The maximum absolute atomic E-state index is 12.8. The number of rotatable bonds is 1. The second-order valence-corrected chi connectivity index (χ2v) is 7.54. The van der Waals surface area contributed by atoms with Gasteiger partial charge in [-0.3, -0.25) is 4.79 Å². The zero-order valence-corrected chi connectivity index (χ0v) is 13.4. The molecule has 1 spiro atoms. The van der Waals surface area contributed by atoms with Gasteiger partial charge in [0.25, 0.3) is 5.91 Å². The van der Waals surface area contributed by atoms with Crippen LogP contribution in [-0.2, 0) is 0 Å². The van der Waals surface area contributed by atoms with Crippen LogP contribution in [0.5, 0.6) is 0 Å². The molecule has 6 heteroatoms. The van der Waals surface area contributed by atoms with Crippen molar-refractivity contribution in [2.75, 3.05) is 25.4 Å². The summed E-state index contributed by atoms with van der Waals surface area (Å²) < 4.78 is 0. The highest BCUT2D eigenvalue weighted by molar-refractivity contribution is 8.00. The van der Waals surface area contributed by atoms with Gasteiger partial charge in [-0.05, 0) is 18.2 Å². The molecule has 0 bridgehead atoms. The minimum absolute atomic E-state index is 0.0190. The van der Waals surface area contributed by atoms with Crippen molar-refractivity contribution in [2.24, 2.45) is 0 Å². The average Bonchev–Trinajstić information content (AvgIpc) is 2.82. The predicted octanol–water partition coefficient (Wildman–Crippen LogP) is 2.24. The van der Waals surface area contributed by atoms with Crippen LogP contribution in [0.1, 0.15) is 23.2 Å². The zero-order chi connectivity index (χ0) is 14.2. The summed E-state index contributed by atoms with van der Waals surface area (Å²) in [5.74, 6) is 1.05. The normalized spacial score (nSPS) is 21.4. The molecule has 0 saturated carbocycles. The fraction of sp³-hybridized carbons (Fsp3) is 0.500. The Hall–Kier alpha value is -0.420. The van der Waals surface area contributed by atoms with E-state index in [0.717, 1.165) is 38.2 Å². The van der Waals surface area contributed by atoms with Crippen LogP contribution in [-0.4, -0.2) is 41.1 Å². The van der Waals surface area contributed by atoms with Crippen molar-refractivity contribution in [3.8, 4) is 0 Å². The molecule has 3 rings (SSSR count). The van der Waals surface area contributed by atoms with Gasteiger partial charge in [-0.15, -0.1) is 11.8 Å². The number of hydrogen-bond acceptors (Lipinski definition) is 2. The number of nitrogens with two attached hydrogens (primary N) is 1. The maximum atomic E-state index is 12.8. The topological polar surface area (TPSA) is 36.9 Å². The molecule has 2 N–H and O–H groups in total. The third-order valence-corrected chi connectivity index (χ3v) is 6.16. The third-order valence-electron chi connectivity index (χ3n) is 4.06. The largest absolute Gasteiger partial charge is 0.346 e. The first kappa shape index (κ1) is 14.5. The molecule has 0 radical (unpaired) electrons. The highest BCUT2D eigenvalue weighted by Crippen LogP contribution is 2.42. The lowest BCUT2D eigenvalue weighted by Gasteiger charge is -2.39. The minimum atomic E-state index is -0.0190. The summed E-state index contributed by atoms with van der Waals surface area (Å²) >= 11 is 14.0. The molecule has 0 atom stereocenters. The highest BCUT2D eigenvalue weighted by Gasteiger charge is 2.46. The van der Waals surface area contributed by atoms with Crippen LogP contribution < -0.4 is 5.32 Å². The highest BCUT2D eigenvalue weighted by atomic mass is 35.5. The number of nitrogens with zero attached hydrogens (tertiary/aromatic N) is 1. The van der Waals surface area contributed by atoms with Crippen LogP contribution in [0.4, 0.5) is 0 Å². The van der Waals surface area contributed by atoms with Crippen molar-refractivity contribution in [3.63, 3.8) is 0 Å². The Kier molecular flexibility index (Phi) is 4.18. The van der Waals surface area contributed by atoms with Crippen molar-refractivity contribution >= 4 is 40.9 Å². The second-order valence-electron chi connectivity index (χ2n) is 5.24. The number of benzene rings is 1. The molecular weight excluding hydrogens is 315 g/mol. The van der Waals surface area contributed by atoms with E-state index in [2.05, 4.69) is 5.32 Å². The molecule has 2 heterocycles. The van der Waals surface area contributed by atoms with Crippen LogP contribution in [0.2, 0.25) is 10.0 Å². The lowest BCUT2D eigenvalue weighted by molar-refractivity contribution is -0.664. The van der Waals surface area contributed by atoms with E-state index in [0.29, 0.717) is 15.6 Å². The smallest absolute Gasteiger partial charge is 0.256 e. The first-order chi connectivity index (χ1) is 9.62. The first-order valence-electron chi connectivity index (χ1n) is 6.85. The molecule has 2 fully saturated rings. The van der Waals surface area contributed by atoms with Gasteiger partial charge in [-0.25, -0.2) is 0 Å². The van der Waals surface area contributed by atoms with Gasteiger partial charge in [0.1, 0.15) is 0 Å². The number of thioether (sulfide) groups is 1. The average molecular weight is 332 g/mol. The number of piperidine rings is 1. The van der Waals surface area contributed by atoms with E-state index in [1.807, 2.05) is 16.7 Å². The number of halogens is 2. The fourth-order valence-corrected chi connectivity index (χ4v) is 5.04. The van der Waals surface area contributed by atoms with E-state index in [-0.39, 0.29) is 10.8 Å². The Morgan fingerprint density at radius 2 is 2.05 bits per heavy atom. The molecule has 2 aliphatic heterocycles. The van der Waals surface area contributed by atoms with Crippen molar-refractivity contribution in [2.45, 2.75) is 17.7 Å². The van der Waals surface area contributed by atoms with Gasteiger partial charge in [0, 0.05) is 30.2 Å². The third kappa shape index (κ3) is 2.54. The van der Waals surface area contributed by atoms with Crippen LogP contribution in [0, 0.1) is 0 Å². The SMILES string of the molecule is O=C(c1ccc(Cl)cc1Cl)N1CCSC12CC[NH2+]CC2. The molecule has 1 aromatic rings. The molecule has 3 nitrogen and oxygen atoms in total. The Bertz CT molecular complexity index is 532. The van der Waals surface area contributed by atoms with Gasteiger partial charge in [0.2, 0.25) is 0 Å².